The maximum atomic E-state index is 12.2. The largest absolute Gasteiger partial charge is 0.460 e. The molecule has 0 aliphatic heterocycles. The lowest BCUT2D eigenvalue weighted by Gasteiger charge is -2.14. The Morgan fingerprint density at radius 3 is 2.35 bits per heavy atom. The summed E-state index contributed by atoms with van der Waals surface area (Å²) in [6, 6.07) is 17.3. The summed E-state index contributed by atoms with van der Waals surface area (Å²) in [6.07, 6.45) is 1.09. The van der Waals surface area contributed by atoms with Gasteiger partial charge in [-0.25, -0.2) is 0 Å². The molecule has 4 heteroatoms. The van der Waals surface area contributed by atoms with Crippen LogP contribution in [-0.4, -0.2) is 11.8 Å². The van der Waals surface area contributed by atoms with E-state index in [-0.39, 0.29) is 12.4 Å². The number of carbonyl (C=O) groups is 2. The van der Waals surface area contributed by atoms with Crippen LogP contribution in [0.15, 0.2) is 59.1 Å². The Morgan fingerprint density at radius 1 is 1.04 bits per heavy atom. The molecule has 0 saturated heterocycles. The Bertz CT molecular complexity index is 667. The maximum absolute atomic E-state index is 12.2. The van der Waals surface area contributed by atoms with E-state index >= 15 is 0 Å². The Morgan fingerprint density at radius 2 is 1.70 bits per heavy atom. The average molecular weight is 375 g/mol. The summed E-state index contributed by atoms with van der Waals surface area (Å²) in [5.41, 5.74) is 1.99. The predicted octanol–water partition coefficient (Wildman–Crippen LogP) is 4.33. The number of rotatable bonds is 7. The highest BCUT2D eigenvalue weighted by Gasteiger charge is 2.25. The molecule has 1 unspecified atom stereocenters. The van der Waals surface area contributed by atoms with Crippen LogP contribution in [0, 0.1) is 5.92 Å². The van der Waals surface area contributed by atoms with Crippen molar-refractivity contribution in [1.29, 1.82) is 0 Å². The summed E-state index contributed by atoms with van der Waals surface area (Å²) in [5.74, 6) is -1.32. The summed E-state index contributed by atoms with van der Waals surface area (Å²) in [5, 5.41) is 0. The number of hydrogen-bond acceptors (Lipinski definition) is 3. The van der Waals surface area contributed by atoms with Gasteiger partial charge in [0.05, 0.1) is 0 Å². The second-order valence-electron chi connectivity index (χ2n) is 5.39. The molecule has 0 aliphatic rings. The predicted molar refractivity (Wildman–Crippen MR) is 92.9 cm³/mol. The normalized spacial score (nSPS) is 11.7. The summed E-state index contributed by atoms with van der Waals surface area (Å²) >= 11 is 3.48. The summed E-state index contributed by atoms with van der Waals surface area (Å²) in [4.78, 5) is 24.0. The first-order valence-corrected chi connectivity index (χ1v) is 8.31. The van der Waals surface area contributed by atoms with Crippen molar-refractivity contribution in [1.82, 2.24) is 0 Å². The molecule has 0 N–H and O–H groups in total. The third-order valence-electron chi connectivity index (χ3n) is 3.66. The molecule has 1 atom stereocenters. The molecule has 2 aromatic carbocycles. The molecule has 3 nitrogen and oxygen atoms in total. The van der Waals surface area contributed by atoms with Gasteiger partial charge in [0.25, 0.3) is 0 Å². The Balaban J connectivity index is 1.94. The highest BCUT2D eigenvalue weighted by molar-refractivity contribution is 9.10. The van der Waals surface area contributed by atoms with Crippen molar-refractivity contribution < 1.29 is 14.3 Å². The van der Waals surface area contributed by atoms with Gasteiger partial charge < -0.3 is 4.74 Å². The topological polar surface area (TPSA) is 43.4 Å². The smallest absolute Gasteiger partial charge is 0.316 e. The van der Waals surface area contributed by atoms with Crippen molar-refractivity contribution in [2.24, 2.45) is 5.92 Å². The zero-order valence-electron chi connectivity index (χ0n) is 13.0. The Kier molecular flexibility index (Phi) is 6.53. The molecule has 0 amide bonds. The van der Waals surface area contributed by atoms with E-state index < -0.39 is 11.9 Å². The molecule has 2 aromatic rings. The lowest BCUT2D eigenvalue weighted by Crippen LogP contribution is -2.25. The standard InChI is InChI=1S/C19H19BrO3/c1-14(21)17(12-11-16-9-5-6-10-18(16)20)19(22)23-13-15-7-3-2-4-8-15/h2-10,17H,11-13H2,1H3. The quantitative estimate of drug-likeness (QED) is 0.535. The van der Waals surface area contributed by atoms with Crippen molar-refractivity contribution >= 4 is 27.7 Å². The lowest BCUT2D eigenvalue weighted by molar-refractivity contribution is -0.153. The van der Waals surface area contributed by atoms with Crippen LogP contribution in [0.25, 0.3) is 0 Å². The second-order valence-corrected chi connectivity index (χ2v) is 6.24. The number of esters is 1. The molecule has 0 bridgehead atoms. The minimum atomic E-state index is -0.717. The monoisotopic (exact) mass is 374 g/mol. The first-order chi connectivity index (χ1) is 11.1. The Labute approximate surface area is 144 Å². The molecular weight excluding hydrogens is 356 g/mol. The van der Waals surface area contributed by atoms with E-state index in [1.807, 2.05) is 54.6 Å². The average Bonchev–Trinajstić information content (AvgIpc) is 2.55. The fourth-order valence-electron chi connectivity index (χ4n) is 2.32. The number of aryl methyl sites for hydroxylation is 1. The van der Waals surface area contributed by atoms with Crippen molar-refractivity contribution in [3.63, 3.8) is 0 Å². The van der Waals surface area contributed by atoms with Gasteiger partial charge >= 0.3 is 5.97 Å². The molecule has 0 aliphatic carbocycles. The van der Waals surface area contributed by atoms with Gasteiger partial charge in [0.1, 0.15) is 18.3 Å². The molecule has 2 rings (SSSR count). The molecular formula is C19H19BrO3. The van der Waals surface area contributed by atoms with Gasteiger partial charge in [-0.3, -0.25) is 9.59 Å². The van der Waals surface area contributed by atoms with Gasteiger partial charge in [0, 0.05) is 4.47 Å². The summed E-state index contributed by atoms with van der Waals surface area (Å²) in [7, 11) is 0. The zero-order valence-corrected chi connectivity index (χ0v) is 14.6. The van der Waals surface area contributed by atoms with E-state index in [1.54, 1.807) is 0 Å². The highest BCUT2D eigenvalue weighted by Crippen LogP contribution is 2.20. The number of Topliss-reactive ketones (excluding diaryl/α,β-unsaturated/α-hetero) is 1. The molecule has 0 radical (unpaired) electrons. The number of benzene rings is 2. The van der Waals surface area contributed by atoms with Crippen LogP contribution in [-0.2, 0) is 27.4 Å². The van der Waals surface area contributed by atoms with Crippen LogP contribution in [0.2, 0.25) is 0 Å². The van der Waals surface area contributed by atoms with E-state index in [4.69, 9.17) is 4.74 Å². The van der Waals surface area contributed by atoms with Crippen LogP contribution in [0.1, 0.15) is 24.5 Å². The number of carbonyl (C=O) groups excluding carboxylic acids is 2. The molecule has 0 spiro atoms. The number of hydrogen-bond donors (Lipinski definition) is 0. The van der Waals surface area contributed by atoms with Crippen LogP contribution in [0.5, 0.6) is 0 Å². The highest BCUT2D eigenvalue weighted by atomic mass is 79.9. The molecule has 0 heterocycles. The van der Waals surface area contributed by atoms with E-state index in [9.17, 15) is 9.59 Å². The van der Waals surface area contributed by atoms with Gasteiger partial charge in [-0.2, -0.15) is 0 Å². The second kappa shape index (κ2) is 8.63. The Hall–Kier alpha value is -1.94. The van der Waals surface area contributed by atoms with Gasteiger partial charge in [-0.1, -0.05) is 64.5 Å². The van der Waals surface area contributed by atoms with E-state index in [0.29, 0.717) is 12.8 Å². The summed E-state index contributed by atoms with van der Waals surface area (Å²) in [6.45, 7) is 1.63. The van der Waals surface area contributed by atoms with E-state index in [1.165, 1.54) is 6.92 Å². The number of ether oxygens (including phenoxy) is 1. The minimum Gasteiger partial charge on any atom is -0.460 e. The number of ketones is 1. The zero-order chi connectivity index (χ0) is 16.7. The van der Waals surface area contributed by atoms with Gasteiger partial charge in [0.15, 0.2) is 0 Å². The van der Waals surface area contributed by atoms with Crippen LogP contribution < -0.4 is 0 Å². The van der Waals surface area contributed by atoms with Crippen molar-refractivity contribution in [2.75, 3.05) is 0 Å². The fraction of sp³-hybridized carbons (Fsp3) is 0.263. The maximum Gasteiger partial charge on any atom is 0.316 e. The van der Waals surface area contributed by atoms with Gasteiger partial charge in [-0.05, 0) is 37.0 Å². The minimum absolute atomic E-state index is 0.157. The van der Waals surface area contributed by atoms with Crippen molar-refractivity contribution in [2.45, 2.75) is 26.4 Å². The fourth-order valence-corrected chi connectivity index (χ4v) is 2.80. The van der Waals surface area contributed by atoms with Crippen LogP contribution in [0.3, 0.4) is 0 Å². The molecule has 23 heavy (non-hydrogen) atoms. The van der Waals surface area contributed by atoms with Gasteiger partial charge in [0.2, 0.25) is 0 Å². The third kappa shape index (κ3) is 5.32. The van der Waals surface area contributed by atoms with Crippen LogP contribution in [0.4, 0.5) is 0 Å². The van der Waals surface area contributed by atoms with Crippen LogP contribution >= 0.6 is 15.9 Å². The van der Waals surface area contributed by atoms with Crippen molar-refractivity contribution in [3.05, 3.63) is 70.2 Å². The van der Waals surface area contributed by atoms with Crippen molar-refractivity contribution in [3.8, 4) is 0 Å². The summed E-state index contributed by atoms with van der Waals surface area (Å²) < 4.78 is 6.28. The molecule has 120 valence electrons. The first-order valence-electron chi connectivity index (χ1n) is 7.52. The third-order valence-corrected chi connectivity index (χ3v) is 4.43. The molecule has 0 aromatic heterocycles. The van der Waals surface area contributed by atoms with E-state index in [2.05, 4.69) is 15.9 Å². The SMILES string of the molecule is CC(=O)C(CCc1ccccc1Br)C(=O)OCc1ccccc1. The lowest BCUT2D eigenvalue weighted by atomic mass is 9.96. The number of halogens is 1. The molecule has 0 saturated carbocycles. The first kappa shape index (κ1) is 17.4. The van der Waals surface area contributed by atoms with Gasteiger partial charge in [-0.15, -0.1) is 0 Å². The molecule has 0 fully saturated rings. The van der Waals surface area contributed by atoms with E-state index in [0.717, 1.165) is 15.6 Å².